The fourth-order valence-corrected chi connectivity index (χ4v) is 2.91. The summed E-state index contributed by atoms with van der Waals surface area (Å²) in [6.07, 6.45) is 4.26. The highest BCUT2D eigenvalue weighted by Gasteiger charge is 2.24. The van der Waals surface area contributed by atoms with Crippen LogP contribution in [0, 0.1) is 0 Å². The first kappa shape index (κ1) is 12.4. The average molecular weight is 256 g/mol. The molecule has 2 aromatic rings. The van der Waals surface area contributed by atoms with Gasteiger partial charge in [-0.1, -0.05) is 30.3 Å². The third-order valence-electron chi connectivity index (χ3n) is 3.87. The van der Waals surface area contributed by atoms with E-state index < -0.39 is 0 Å². The van der Waals surface area contributed by atoms with E-state index in [1.165, 1.54) is 24.9 Å². The fraction of sp³-hybridized carbons (Fsp3) is 0.467. The maximum Gasteiger partial charge on any atom is 0.136 e. The first-order chi connectivity index (χ1) is 9.33. The Morgan fingerprint density at radius 3 is 2.84 bits per heavy atom. The Kier molecular flexibility index (Phi) is 3.60. The molecule has 0 radical (unpaired) electrons. The molecule has 1 aliphatic rings. The number of hydrogen-bond donors (Lipinski definition) is 0. The molecule has 1 aliphatic heterocycles. The predicted octanol–water partition coefficient (Wildman–Crippen LogP) is 2.19. The molecule has 3 rings (SSSR count). The highest BCUT2D eigenvalue weighted by molar-refractivity contribution is 5.14. The molecule has 4 heteroatoms. The second kappa shape index (κ2) is 5.53. The van der Waals surface area contributed by atoms with Gasteiger partial charge in [0, 0.05) is 26.1 Å². The van der Waals surface area contributed by atoms with Crippen LogP contribution in [0.4, 0.5) is 0 Å². The van der Waals surface area contributed by atoms with Gasteiger partial charge in [0.1, 0.15) is 12.2 Å². The molecule has 2 heterocycles. The van der Waals surface area contributed by atoms with Crippen LogP contribution in [0.2, 0.25) is 0 Å². The Morgan fingerprint density at radius 2 is 2.11 bits per heavy atom. The fourth-order valence-electron chi connectivity index (χ4n) is 2.91. The van der Waals surface area contributed by atoms with Gasteiger partial charge in [0.15, 0.2) is 0 Å². The zero-order valence-corrected chi connectivity index (χ0v) is 11.4. The van der Waals surface area contributed by atoms with Crippen molar-refractivity contribution in [2.24, 2.45) is 7.05 Å². The summed E-state index contributed by atoms with van der Waals surface area (Å²) in [6.45, 7) is 3.31. The first-order valence-electron chi connectivity index (χ1n) is 6.93. The lowest BCUT2D eigenvalue weighted by atomic mass is 9.96. The molecule has 0 unspecified atom stereocenters. The Hall–Kier alpha value is -1.68. The average Bonchev–Trinajstić information content (AvgIpc) is 2.86. The van der Waals surface area contributed by atoms with Gasteiger partial charge in [0.05, 0.1) is 0 Å². The first-order valence-corrected chi connectivity index (χ1v) is 6.93. The molecule has 1 fully saturated rings. The molecule has 0 spiro atoms. The largest absolute Gasteiger partial charge is 0.320 e. The van der Waals surface area contributed by atoms with Crippen molar-refractivity contribution in [2.45, 2.75) is 25.3 Å². The molecule has 0 saturated carbocycles. The smallest absolute Gasteiger partial charge is 0.136 e. The van der Waals surface area contributed by atoms with Crippen molar-refractivity contribution in [3.63, 3.8) is 0 Å². The van der Waals surface area contributed by atoms with E-state index in [-0.39, 0.29) is 0 Å². The molecule has 0 N–H and O–H groups in total. The molecule has 1 aromatic heterocycles. The van der Waals surface area contributed by atoms with Crippen LogP contribution in [0.1, 0.15) is 30.1 Å². The highest BCUT2D eigenvalue weighted by atomic mass is 15.3. The van der Waals surface area contributed by atoms with Gasteiger partial charge in [0.2, 0.25) is 0 Å². The van der Waals surface area contributed by atoms with Gasteiger partial charge in [-0.05, 0) is 24.9 Å². The number of likely N-dealkylation sites (tertiary alicyclic amines) is 1. The van der Waals surface area contributed by atoms with Gasteiger partial charge in [-0.15, -0.1) is 10.2 Å². The second-order valence-electron chi connectivity index (χ2n) is 5.36. The van der Waals surface area contributed by atoms with Crippen LogP contribution in [0.15, 0.2) is 36.7 Å². The Bertz CT molecular complexity index is 520. The number of nitrogens with zero attached hydrogens (tertiary/aromatic N) is 4. The van der Waals surface area contributed by atoms with Crippen molar-refractivity contribution >= 4 is 0 Å². The molecule has 100 valence electrons. The van der Waals surface area contributed by atoms with E-state index in [1.807, 2.05) is 7.05 Å². The third-order valence-corrected chi connectivity index (χ3v) is 3.87. The van der Waals surface area contributed by atoms with E-state index in [1.54, 1.807) is 6.33 Å². The standard InChI is InChI=1S/C15H20N4/c1-18-12-16-17-15(18)14-8-5-9-19(11-14)10-13-6-3-2-4-7-13/h2-4,6-7,12,14H,5,8-11H2,1H3/t14-/m0/s1. The second-order valence-corrected chi connectivity index (χ2v) is 5.36. The van der Waals surface area contributed by atoms with E-state index in [9.17, 15) is 0 Å². The number of rotatable bonds is 3. The summed E-state index contributed by atoms with van der Waals surface area (Å²) >= 11 is 0. The number of aromatic nitrogens is 3. The predicted molar refractivity (Wildman–Crippen MR) is 74.7 cm³/mol. The number of benzene rings is 1. The van der Waals surface area contributed by atoms with Gasteiger partial charge in [-0.25, -0.2) is 0 Å². The normalized spacial score (nSPS) is 20.6. The van der Waals surface area contributed by atoms with Gasteiger partial charge in [-0.3, -0.25) is 4.90 Å². The molecule has 0 aliphatic carbocycles. The quantitative estimate of drug-likeness (QED) is 0.844. The minimum atomic E-state index is 0.518. The van der Waals surface area contributed by atoms with Crippen LogP contribution >= 0.6 is 0 Å². The third kappa shape index (κ3) is 2.84. The Morgan fingerprint density at radius 1 is 1.26 bits per heavy atom. The molecule has 0 amide bonds. The van der Waals surface area contributed by atoms with Crippen molar-refractivity contribution < 1.29 is 0 Å². The zero-order chi connectivity index (χ0) is 13.1. The van der Waals surface area contributed by atoms with Crippen molar-refractivity contribution in [1.82, 2.24) is 19.7 Å². The van der Waals surface area contributed by atoms with E-state index in [0.29, 0.717) is 5.92 Å². The van der Waals surface area contributed by atoms with Crippen molar-refractivity contribution in [3.8, 4) is 0 Å². The topological polar surface area (TPSA) is 34.0 Å². The molecule has 1 saturated heterocycles. The maximum atomic E-state index is 4.27. The highest BCUT2D eigenvalue weighted by Crippen LogP contribution is 2.25. The Labute approximate surface area is 114 Å². The summed E-state index contributed by atoms with van der Waals surface area (Å²) in [6, 6.07) is 10.7. The van der Waals surface area contributed by atoms with Crippen LogP contribution in [0.5, 0.6) is 0 Å². The van der Waals surface area contributed by atoms with Crippen LogP contribution in [0.25, 0.3) is 0 Å². The zero-order valence-electron chi connectivity index (χ0n) is 11.4. The summed E-state index contributed by atoms with van der Waals surface area (Å²) < 4.78 is 2.05. The Balaban J connectivity index is 1.67. The van der Waals surface area contributed by atoms with E-state index >= 15 is 0 Å². The van der Waals surface area contributed by atoms with Gasteiger partial charge in [0.25, 0.3) is 0 Å². The van der Waals surface area contributed by atoms with Gasteiger partial charge in [-0.2, -0.15) is 0 Å². The van der Waals surface area contributed by atoms with E-state index in [4.69, 9.17) is 0 Å². The molecule has 4 nitrogen and oxygen atoms in total. The van der Waals surface area contributed by atoms with Crippen molar-refractivity contribution in [2.75, 3.05) is 13.1 Å². The van der Waals surface area contributed by atoms with Crippen LogP contribution in [-0.2, 0) is 13.6 Å². The molecule has 1 aromatic carbocycles. The number of piperidine rings is 1. The summed E-state index contributed by atoms with van der Waals surface area (Å²) in [5.74, 6) is 1.64. The van der Waals surface area contributed by atoms with E-state index in [0.717, 1.165) is 18.9 Å². The minimum absolute atomic E-state index is 0.518. The van der Waals surface area contributed by atoms with Crippen LogP contribution < -0.4 is 0 Å². The lowest BCUT2D eigenvalue weighted by Crippen LogP contribution is -2.34. The summed E-state index contributed by atoms with van der Waals surface area (Å²) in [4.78, 5) is 2.53. The summed E-state index contributed by atoms with van der Waals surface area (Å²) in [5.41, 5.74) is 1.39. The number of aryl methyl sites for hydroxylation is 1. The van der Waals surface area contributed by atoms with Gasteiger partial charge >= 0.3 is 0 Å². The van der Waals surface area contributed by atoms with Crippen LogP contribution in [-0.4, -0.2) is 32.8 Å². The molecular formula is C15H20N4. The molecular weight excluding hydrogens is 236 g/mol. The minimum Gasteiger partial charge on any atom is -0.320 e. The molecule has 19 heavy (non-hydrogen) atoms. The van der Waals surface area contributed by atoms with Gasteiger partial charge < -0.3 is 4.57 Å². The molecule has 0 bridgehead atoms. The van der Waals surface area contributed by atoms with Crippen molar-refractivity contribution in [1.29, 1.82) is 0 Å². The lowest BCUT2D eigenvalue weighted by Gasteiger charge is -2.32. The number of hydrogen-bond acceptors (Lipinski definition) is 3. The monoisotopic (exact) mass is 256 g/mol. The SMILES string of the molecule is Cn1cnnc1[C@H]1CCCN(Cc2ccccc2)C1. The lowest BCUT2D eigenvalue weighted by molar-refractivity contribution is 0.195. The van der Waals surface area contributed by atoms with E-state index in [2.05, 4.69) is 50.0 Å². The van der Waals surface area contributed by atoms with Crippen molar-refractivity contribution in [3.05, 3.63) is 48.0 Å². The molecule has 1 atom stereocenters. The maximum absolute atomic E-state index is 4.27. The summed E-state index contributed by atoms with van der Waals surface area (Å²) in [5, 5.41) is 8.27. The van der Waals surface area contributed by atoms with Crippen LogP contribution in [0.3, 0.4) is 0 Å². The summed E-state index contributed by atoms with van der Waals surface area (Å²) in [7, 11) is 2.03.